The number of benzene rings is 2. The first-order valence-electron chi connectivity index (χ1n) is 9.10. The fraction of sp³-hybridized carbons (Fsp3) is 0.409. The molecule has 0 unspecified atom stereocenters. The fourth-order valence-electron chi connectivity index (χ4n) is 3.22. The number of imidazole rings is 1. The highest BCUT2D eigenvalue weighted by Gasteiger charge is 2.09. The maximum absolute atomic E-state index is 5.96. The van der Waals surface area contributed by atoms with Crippen LogP contribution in [0.15, 0.2) is 30.3 Å². The van der Waals surface area contributed by atoms with Gasteiger partial charge in [0.15, 0.2) is 0 Å². The number of rotatable bonds is 6. The Labute approximate surface area is 150 Å². The molecule has 0 aliphatic rings. The summed E-state index contributed by atoms with van der Waals surface area (Å²) in [7, 11) is 0. The van der Waals surface area contributed by atoms with Crippen molar-refractivity contribution in [3.8, 4) is 5.75 Å². The van der Waals surface area contributed by atoms with E-state index in [0.29, 0.717) is 0 Å². The molecule has 25 heavy (non-hydrogen) atoms. The molecule has 0 saturated heterocycles. The van der Waals surface area contributed by atoms with E-state index in [-0.39, 0.29) is 0 Å². The van der Waals surface area contributed by atoms with Gasteiger partial charge in [0.2, 0.25) is 0 Å². The minimum Gasteiger partial charge on any atom is -0.493 e. The summed E-state index contributed by atoms with van der Waals surface area (Å²) in [4.78, 5) is 4.71. The minimum absolute atomic E-state index is 0.758. The van der Waals surface area contributed by atoms with E-state index in [1.54, 1.807) is 0 Å². The summed E-state index contributed by atoms with van der Waals surface area (Å²) in [6.45, 7) is 12.4. The predicted molar refractivity (Wildman–Crippen MR) is 105 cm³/mol. The number of nitrogens with zero attached hydrogens (tertiary/aromatic N) is 2. The molecule has 3 nitrogen and oxygen atoms in total. The first kappa shape index (κ1) is 17.5. The lowest BCUT2D eigenvalue weighted by Crippen LogP contribution is -2.04. The van der Waals surface area contributed by atoms with Crippen LogP contribution in [0.5, 0.6) is 5.75 Å². The highest BCUT2D eigenvalue weighted by Crippen LogP contribution is 2.22. The van der Waals surface area contributed by atoms with Crippen molar-refractivity contribution in [2.24, 2.45) is 0 Å². The van der Waals surface area contributed by atoms with Crippen molar-refractivity contribution in [3.63, 3.8) is 0 Å². The van der Waals surface area contributed by atoms with E-state index < -0.39 is 0 Å². The lowest BCUT2D eigenvalue weighted by molar-refractivity contribution is 0.301. The van der Waals surface area contributed by atoms with Crippen LogP contribution in [-0.4, -0.2) is 16.2 Å². The van der Waals surface area contributed by atoms with Gasteiger partial charge in [0.1, 0.15) is 11.6 Å². The van der Waals surface area contributed by atoms with Crippen LogP contribution < -0.4 is 4.74 Å². The van der Waals surface area contributed by atoms with Gasteiger partial charge < -0.3 is 9.30 Å². The summed E-state index contributed by atoms with van der Waals surface area (Å²) in [5.74, 6) is 2.10. The van der Waals surface area contributed by atoms with Crippen LogP contribution in [0, 0.1) is 34.6 Å². The Balaban J connectivity index is 1.59. The highest BCUT2D eigenvalue weighted by atomic mass is 16.5. The van der Waals surface area contributed by atoms with E-state index in [2.05, 4.69) is 69.5 Å². The number of hydrogen-bond donors (Lipinski definition) is 0. The van der Waals surface area contributed by atoms with Crippen LogP contribution in [0.3, 0.4) is 0 Å². The molecule has 1 heterocycles. The zero-order chi connectivity index (χ0) is 18.0. The van der Waals surface area contributed by atoms with Gasteiger partial charge in [0.25, 0.3) is 0 Å². The standard InChI is InChI=1S/C22H28N2O/c1-15-9-8-10-22(18(15)4)25-12-7-6-11-24-19(5)23-20-13-16(2)17(3)14-21(20)24/h8-10,13-14H,6-7,11-12H2,1-5H3. The van der Waals surface area contributed by atoms with Gasteiger partial charge in [0, 0.05) is 6.54 Å². The first-order valence-corrected chi connectivity index (χ1v) is 9.10. The van der Waals surface area contributed by atoms with Crippen LogP contribution in [0.2, 0.25) is 0 Å². The summed E-state index contributed by atoms with van der Waals surface area (Å²) < 4.78 is 8.30. The molecule has 0 atom stereocenters. The maximum Gasteiger partial charge on any atom is 0.122 e. The molecule has 3 aromatic rings. The number of unbranched alkanes of at least 4 members (excludes halogenated alkanes) is 1. The number of aromatic nitrogens is 2. The van der Waals surface area contributed by atoms with Crippen LogP contribution in [-0.2, 0) is 6.54 Å². The van der Waals surface area contributed by atoms with Gasteiger partial charge in [-0.05, 0) is 87.9 Å². The van der Waals surface area contributed by atoms with Crippen molar-refractivity contribution in [2.45, 2.75) is 54.0 Å². The number of ether oxygens (including phenoxy) is 1. The molecular weight excluding hydrogens is 308 g/mol. The van der Waals surface area contributed by atoms with E-state index in [4.69, 9.17) is 9.72 Å². The summed E-state index contributed by atoms with van der Waals surface area (Å²) in [5.41, 5.74) is 7.50. The zero-order valence-electron chi connectivity index (χ0n) is 16.0. The van der Waals surface area contributed by atoms with Gasteiger partial charge in [-0.3, -0.25) is 0 Å². The smallest absolute Gasteiger partial charge is 0.122 e. The topological polar surface area (TPSA) is 27.1 Å². The number of aryl methyl sites for hydroxylation is 5. The molecule has 0 radical (unpaired) electrons. The van der Waals surface area contributed by atoms with Gasteiger partial charge in [-0.15, -0.1) is 0 Å². The molecule has 132 valence electrons. The molecule has 0 bridgehead atoms. The number of fused-ring (bicyclic) bond motifs is 1. The molecule has 2 aromatic carbocycles. The monoisotopic (exact) mass is 336 g/mol. The molecule has 0 N–H and O–H groups in total. The van der Waals surface area contributed by atoms with E-state index >= 15 is 0 Å². The Morgan fingerprint density at radius 2 is 1.68 bits per heavy atom. The van der Waals surface area contributed by atoms with Crippen LogP contribution in [0.25, 0.3) is 11.0 Å². The van der Waals surface area contributed by atoms with Crippen LogP contribution >= 0.6 is 0 Å². The molecule has 0 aliphatic heterocycles. The van der Waals surface area contributed by atoms with Crippen molar-refractivity contribution in [1.29, 1.82) is 0 Å². The second-order valence-corrected chi connectivity index (χ2v) is 6.99. The van der Waals surface area contributed by atoms with E-state index in [9.17, 15) is 0 Å². The average molecular weight is 336 g/mol. The highest BCUT2D eigenvalue weighted by molar-refractivity contribution is 5.78. The fourth-order valence-corrected chi connectivity index (χ4v) is 3.22. The second kappa shape index (κ2) is 7.30. The molecule has 0 amide bonds. The largest absolute Gasteiger partial charge is 0.493 e. The summed E-state index contributed by atoms with van der Waals surface area (Å²) in [6.07, 6.45) is 2.13. The molecule has 0 fully saturated rings. The Bertz CT molecular complexity index is 893. The molecule has 3 rings (SSSR count). The minimum atomic E-state index is 0.758. The van der Waals surface area contributed by atoms with E-state index in [1.807, 2.05) is 0 Å². The van der Waals surface area contributed by atoms with Gasteiger partial charge >= 0.3 is 0 Å². The van der Waals surface area contributed by atoms with Crippen LogP contribution in [0.1, 0.15) is 40.9 Å². The maximum atomic E-state index is 5.96. The molecule has 1 aromatic heterocycles. The quantitative estimate of drug-likeness (QED) is 0.561. The predicted octanol–water partition coefficient (Wildman–Crippen LogP) is 5.44. The molecule has 0 spiro atoms. The summed E-state index contributed by atoms with van der Waals surface area (Å²) >= 11 is 0. The third kappa shape index (κ3) is 3.71. The summed E-state index contributed by atoms with van der Waals surface area (Å²) in [6, 6.07) is 10.7. The van der Waals surface area contributed by atoms with Crippen LogP contribution in [0.4, 0.5) is 0 Å². The lowest BCUT2D eigenvalue weighted by Gasteiger charge is -2.11. The van der Waals surface area contributed by atoms with Crippen molar-refractivity contribution in [1.82, 2.24) is 9.55 Å². The Kier molecular flexibility index (Phi) is 5.12. The van der Waals surface area contributed by atoms with Gasteiger partial charge in [-0.1, -0.05) is 12.1 Å². The Morgan fingerprint density at radius 3 is 2.48 bits per heavy atom. The van der Waals surface area contributed by atoms with E-state index in [1.165, 1.54) is 27.8 Å². The Hall–Kier alpha value is -2.29. The third-order valence-electron chi connectivity index (χ3n) is 5.14. The van der Waals surface area contributed by atoms with Gasteiger partial charge in [-0.2, -0.15) is 0 Å². The second-order valence-electron chi connectivity index (χ2n) is 6.99. The molecular formula is C22H28N2O. The molecule has 3 heteroatoms. The average Bonchev–Trinajstić information content (AvgIpc) is 2.86. The molecule has 0 saturated carbocycles. The lowest BCUT2D eigenvalue weighted by atomic mass is 10.1. The van der Waals surface area contributed by atoms with Crippen molar-refractivity contribution in [3.05, 3.63) is 58.4 Å². The van der Waals surface area contributed by atoms with Crippen molar-refractivity contribution in [2.75, 3.05) is 6.61 Å². The van der Waals surface area contributed by atoms with Crippen molar-refractivity contribution >= 4 is 11.0 Å². The van der Waals surface area contributed by atoms with Crippen molar-refractivity contribution < 1.29 is 4.74 Å². The van der Waals surface area contributed by atoms with E-state index in [0.717, 1.165) is 43.1 Å². The zero-order valence-corrected chi connectivity index (χ0v) is 16.0. The third-order valence-corrected chi connectivity index (χ3v) is 5.14. The Morgan fingerprint density at radius 1 is 0.920 bits per heavy atom. The normalized spacial score (nSPS) is 11.2. The van der Waals surface area contributed by atoms with Gasteiger partial charge in [0.05, 0.1) is 17.6 Å². The summed E-state index contributed by atoms with van der Waals surface area (Å²) in [5, 5.41) is 0. The number of hydrogen-bond acceptors (Lipinski definition) is 2. The van der Waals surface area contributed by atoms with Gasteiger partial charge in [-0.25, -0.2) is 4.98 Å². The first-order chi connectivity index (χ1) is 12.0. The SMILES string of the molecule is Cc1cc2nc(C)n(CCCCOc3cccc(C)c3C)c2cc1C. The molecule has 0 aliphatic carbocycles.